The summed E-state index contributed by atoms with van der Waals surface area (Å²) in [5, 5.41) is 3.76. The van der Waals surface area contributed by atoms with Crippen molar-refractivity contribution in [2.45, 2.75) is 37.5 Å². The maximum Gasteiger partial charge on any atom is 0.263 e. The minimum absolute atomic E-state index is 0.0220. The summed E-state index contributed by atoms with van der Waals surface area (Å²) in [4.78, 5) is 31.8. The molecule has 1 atom stereocenters. The van der Waals surface area contributed by atoms with Gasteiger partial charge in [-0.2, -0.15) is 0 Å². The van der Waals surface area contributed by atoms with Crippen LogP contribution in [0.3, 0.4) is 0 Å². The maximum absolute atomic E-state index is 13.1. The molecular weight excluding hydrogens is 446 g/mol. The molecule has 1 amide bonds. The molecule has 0 aromatic carbocycles. The van der Waals surface area contributed by atoms with Crippen molar-refractivity contribution in [1.29, 1.82) is 0 Å². The number of fused-ring (bicyclic) bond motifs is 1. The first-order valence-corrected chi connectivity index (χ1v) is 13.1. The average Bonchev–Trinajstić information content (AvgIpc) is 3.42. The predicted molar refractivity (Wildman–Crippen MR) is 117 cm³/mol. The van der Waals surface area contributed by atoms with Crippen LogP contribution >= 0.6 is 23.1 Å². The number of hydrogen-bond donors (Lipinski definition) is 1. The molecule has 0 unspecified atom stereocenters. The molecule has 0 aliphatic carbocycles. The van der Waals surface area contributed by atoms with Gasteiger partial charge in [-0.1, -0.05) is 18.7 Å². The first-order chi connectivity index (χ1) is 14.3. The van der Waals surface area contributed by atoms with Gasteiger partial charge in [0.25, 0.3) is 5.56 Å². The molecule has 1 fully saturated rings. The van der Waals surface area contributed by atoms with Crippen molar-refractivity contribution in [3.63, 3.8) is 0 Å². The van der Waals surface area contributed by atoms with Crippen LogP contribution in [0, 0.1) is 0 Å². The number of thioether (sulfide) groups is 1. The molecule has 4 heterocycles. The van der Waals surface area contributed by atoms with Crippen molar-refractivity contribution in [1.82, 2.24) is 14.9 Å². The zero-order chi connectivity index (χ0) is 21.3. The number of rotatable bonds is 7. The quantitative estimate of drug-likeness (QED) is 0.418. The van der Waals surface area contributed by atoms with Crippen LogP contribution in [0.1, 0.15) is 24.0 Å². The van der Waals surface area contributed by atoms with Crippen LogP contribution in [0.2, 0.25) is 0 Å². The van der Waals surface area contributed by atoms with Gasteiger partial charge in [0.15, 0.2) is 15.0 Å². The largest absolute Gasteiger partial charge is 0.467 e. The molecule has 0 bridgehead atoms. The lowest BCUT2D eigenvalue weighted by Gasteiger charge is -2.12. The molecule has 3 aromatic heterocycles. The molecule has 1 saturated heterocycles. The number of nitrogens with one attached hydrogen (secondary N) is 1. The van der Waals surface area contributed by atoms with E-state index in [0.717, 1.165) is 23.1 Å². The second-order valence-corrected chi connectivity index (χ2v) is 11.4. The lowest BCUT2D eigenvalue weighted by molar-refractivity contribution is -0.119. The number of nitrogens with zero attached hydrogens (tertiary/aromatic N) is 2. The van der Waals surface area contributed by atoms with Crippen LogP contribution in [0.25, 0.3) is 10.2 Å². The van der Waals surface area contributed by atoms with Gasteiger partial charge in [0.05, 0.1) is 35.5 Å². The van der Waals surface area contributed by atoms with E-state index < -0.39 is 9.84 Å². The molecule has 11 heteroatoms. The summed E-state index contributed by atoms with van der Waals surface area (Å²) in [7, 11) is -3.06. The Morgan fingerprint density at radius 1 is 1.47 bits per heavy atom. The Morgan fingerprint density at radius 2 is 2.30 bits per heavy atom. The molecule has 4 rings (SSSR count). The maximum atomic E-state index is 13.1. The highest BCUT2D eigenvalue weighted by atomic mass is 32.2. The van der Waals surface area contributed by atoms with Crippen molar-refractivity contribution >= 4 is 49.1 Å². The Labute approximate surface area is 181 Å². The van der Waals surface area contributed by atoms with E-state index in [1.807, 2.05) is 13.0 Å². The summed E-state index contributed by atoms with van der Waals surface area (Å²) >= 11 is 2.64. The Hall–Kier alpha value is -2.11. The molecule has 1 aliphatic rings. The third-order valence-electron chi connectivity index (χ3n) is 4.84. The molecule has 1 aliphatic heterocycles. The van der Waals surface area contributed by atoms with Crippen LogP contribution < -0.4 is 10.9 Å². The van der Waals surface area contributed by atoms with E-state index >= 15 is 0 Å². The highest BCUT2D eigenvalue weighted by molar-refractivity contribution is 7.99. The van der Waals surface area contributed by atoms with Crippen molar-refractivity contribution in [3.8, 4) is 0 Å². The molecule has 30 heavy (non-hydrogen) atoms. The average molecular weight is 468 g/mol. The van der Waals surface area contributed by atoms with E-state index in [-0.39, 0.29) is 41.3 Å². The number of sulfone groups is 1. The summed E-state index contributed by atoms with van der Waals surface area (Å²) in [5.41, 5.74) is -0.169. The molecule has 0 spiro atoms. The van der Waals surface area contributed by atoms with Gasteiger partial charge in [-0.3, -0.25) is 14.2 Å². The number of furan rings is 1. The summed E-state index contributed by atoms with van der Waals surface area (Å²) in [6.45, 7) is 2.24. The lowest BCUT2D eigenvalue weighted by atomic mass is 10.3. The normalized spacial score (nSPS) is 18.1. The van der Waals surface area contributed by atoms with Crippen molar-refractivity contribution < 1.29 is 17.6 Å². The minimum Gasteiger partial charge on any atom is -0.467 e. The molecule has 0 saturated carbocycles. The third kappa shape index (κ3) is 4.62. The Bertz CT molecular complexity index is 1230. The molecular formula is C19H21N3O5S3. The smallest absolute Gasteiger partial charge is 0.263 e. The number of thiophene rings is 1. The zero-order valence-corrected chi connectivity index (χ0v) is 18.7. The Kier molecular flexibility index (Phi) is 6.03. The zero-order valence-electron chi connectivity index (χ0n) is 16.3. The highest BCUT2D eigenvalue weighted by Crippen LogP contribution is 2.25. The van der Waals surface area contributed by atoms with Crippen molar-refractivity contribution in [2.75, 3.05) is 17.3 Å². The second-order valence-electron chi connectivity index (χ2n) is 7.11. The van der Waals surface area contributed by atoms with Gasteiger partial charge >= 0.3 is 0 Å². The summed E-state index contributed by atoms with van der Waals surface area (Å²) in [6, 6.07) is 5.05. The molecule has 0 radical (unpaired) electrons. The van der Waals surface area contributed by atoms with Gasteiger partial charge < -0.3 is 9.73 Å². The van der Waals surface area contributed by atoms with E-state index in [1.54, 1.807) is 18.4 Å². The fourth-order valence-electron chi connectivity index (χ4n) is 3.34. The number of carbonyl (C=O) groups is 1. The molecule has 160 valence electrons. The van der Waals surface area contributed by atoms with Gasteiger partial charge in [-0.15, -0.1) is 11.3 Å². The fourth-order valence-corrected chi connectivity index (χ4v) is 6.83. The minimum atomic E-state index is -3.06. The van der Waals surface area contributed by atoms with Gasteiger partial charge in [-0.05, 0) is 31.0 Å². The van der Waals surface area contributed by atoms with Crippen LogP contribution in [0.15, 0.2) is 38.8 Å². The summed E-state index contributed by atoms with van der Waals surface area (Å²) in [5.74, 6) is 0.460. The van der Waals surface area contributed by atoms with E-state index in [9.17, 15) is 18.0 Å². The van der Waals surface area contributed by atoms with Crippen LogP contribution in [0.4, 0.5) is 0 Å². The van der Waals surface area contributed by atoms with E-state index in [2.05, 4.69) is 10.3 Å². The lowest BCUT2D eigenvalue weighted by Crippen LogP contribution is -2.36. The van der Waals surface area contributed by atoms with Crippen molar-refractivity contribution in [2.24, 2.45) is 0 Å². The predicted octanol–water partition coefficient (Wildman–Crippen LogP) is 2.06. The third-order valence-corrected chi connectivity index (χ3v) is 8.76. The van der Waals surface area contributed by atoms with Crippen LogP contribution in [-0.4, -0.2) is 47.2 Å². The monoisotopic (exact) mass is 467 g/mol. The number of hydrogen-bond acceptors (Lipinski definition) is 8. The summed E-state index contributed by atoms with van der Waals surface area (Å²) in [6.07, 6.45) is 2.79. The van der Waals surface area contributed by atoms with Gasteiger partial charge in [-0.25, -0.2) is 13.4 Å². The van der Waals surface area contributed by atoms with E-state index in [0.29, 0.717) is 27.6 Å². The van der Waals surface area contributed by atoms with Gasteiger partial charge in [0, 0.05) is 10.9 Å². The molecule has 8 nitrogen and oxygen atoms in total. The highest BCUT2D eigenvalue weighted by Gasteiger charge is 2.29. The molecule has 3 aromatic rings. The number of amides is 1. The Balaban J connectivity index is 1.57. The Morgan fingerprint density at radius 3 is 2.97 bits per heavy atom. The molecule has 1 N–H and O–H groups in total. The van der Waals surface area contributed by atoms with Gasteiger partial charge in [0.1, 0.15) is 10.6 Å². The second kappa shape index (κ2) is 8.56. The summed E-state index contributed by atoms with van der Waals surface area (Å²) < 4.78 is 30.1. The number of carbonyl (C=O) groups excluding carboxylic acids is 1. The first-order valence-electron chi connectivity index (χ1n) is 9.53. The van der Waals surface area contributed by atoms with Crippen molar-refractivity contribution in [3.05, 3.63) is 45.5 Å². The topological polar surface area (TPSA) is 111 Å². The van der Waals surface area contributed by atoms with E-state index in [1.165, 1.54) is 15.9 Å². The fraction of sp³-hybridized carbons (Fsp3) is 0.421. The first kappa shape index (κ1) is 21.1. The standard InChI is InChI=1S/C19H21N3O5S3/c1-2-14-8-15-17(29-14)21-19(22(18(15)24)9-13-4-3-6-27-13)28-10-16(23)20-12-5-7-30(25,26)11-12/h3-4,6,8,12H,2,5,7,9-11H2,1H3,(H,20,23)/t12-/m0/s1. The van der Waals surface area contributed by atoms with Crippen LogP contribution in [-0.2, 0) is 27.6 Å². The number of aromatic nitrogens is 2. The van der Waals surface area contributed by atoms with Gasteiger partial charge in [0.2, 0.25) is 5.91 Å². The SMILES string of the molecule is CCc1cc2c(=O)n(Cc3ccco3)c(SCC(=O)N[C@H]3CCS(=O)(=O)C3)nc2s1. The van der Waals surface area contributed by atoms with Crippen LogP contribution in [0.5, 0.6) is 0 Å². The number of aryl methyl sites for hydroxylation is 1. The van der Waals surface area contributed by atoms with E-state index in [4.69, 9.17) is 4.42 Å².